The molecule has 0 atom stereocenters. The fraction of sp³-hybridized carbons (Fsp3) is 0.316. The third-order valence-electron chi connectivity index (χ3n) is 3.36. The number of aliphatic hydroxyl groups is 1. The van der Waals surface area contributed by atoms with Crippen molar-refractivity contribution in [2.24, 2.45) is 0 Å². The van der Waals surface area contributed by atoms with E-state index in [9.17, 15) is 9.90 Å². The van der Waals surface area contributed by atoms with Crippen molar-refractivity contribution in [3.05, 3.63) is 60.2 Å². The molecule has 0 radical (unpaired) electrons. The summed E-state index contributed by atoms with van der Waals surface area (Å²) in [5, 5.41) is 12.7. The van der Waals surface area contributed by atoms with Crippen LogP contribution in [0.3, 0.4) is 0 Å². The Morgan fingerprint density at radius 3 is 2.46 bits per heavy atom. The zero-order chi connectivity index (χ0) is 17.4. The maximum Gasteiger partial charge on any atom is 0.322 e. The Bertz CT molecular complexity index is 647. The fourth-order valence-electron chi connectivity index (χ4n) is 2.30. The van der Waals surface area contributed by atoms with E-state index < -0.39 is 0 Å². The van der Waals surface area contributed by atoms with E-state index in [2.05, 4.69) is 19.2 Å². The predicted molar refractivity (Wildman–Crippen MR) is 100 cm³/mol. The number of benzene rings is 2. The van der Waals surface area contributed by atoms with Crippen LogP contribution in [0.2, 0.25) is 0 Å². The number of para-hydroxylation sites is 1. The predicted octanol–water partition coefficient (Wildman–Crippen LogP) is 4.21. The number of nitrogens with zero attached hydrogens (tertiary/aromatic N) is 1. The van der Waals surface area contributed by atoms with Crippen LogP contribution in [0.5, 0.6) is 0 Å². The van der Waals surface area contributed by atoms with Gasteiger partial charge in [-0.1, -0.05) is 56.3 Å². The highest BCUT2D eigenvalue weighted by molar-refractivity contribution is 8.00. The Morgan fingerprint density at radius 1 is 1.12 bits per heavy atom. The van der Waals surface area contributed by atoms with Gasteiger partial charge < -0.3 is 15.3 Å². The van der Waals surface area contributed by atoms with Gasteiger partial charge in [0.25, 0.3) is 0 Å². The highest BCUT2D eigenvalue weighted by Crippen LogP contribution is 2.30. The number of carbonyl (C=O) groups excluding carboxylic acids is 1. The quantitative estimate of drug-likeness (QED) is 0.740. The number of aliphatic hydroxyl groups excluding tert-OH is 1. The van der Waals surface area contributed by atoms with Crippen LogP contribution < -0.4 is 5.32 Å². The fourth-order valence-corrected chi connectivity index (χ4v) is 3.21. The van der Waals surface area contributed by atoms with Gasteiger partial charge in [-0.25, -0.2) is 4.79 Å². The third-order valence-corrected chi connectivity index (χ3v) is 4.45. The highest BCUT2D eigenvalue weighted by Gasteiger charge is 2.15. The molecule has 0 aliphatic heterocycles. The van der Waals surface area contributed by atoms with E-state index in [-0.39, 0.29) is 12.6 Å². The average Bonchev–Trinajstić information content (AvgIpc) is 2.57. The molecule has 0 heterocycles. The van der Waals surface area contributed by atoms with Crippen molar-refractivity contribution in [3.63, 3.8) is 0 Å². The van der Waals surface area contributed by atoms with Crippen molar-refractivity contribution in [1.29, 1.82) is 0 Å². The topological polar surface area (TPSA) is 52.6 Å². The molecule has 2 rings (SSSR count). The summed E-state index contributed by atoms with van der Waals surface area (Å²) in [6, 6.07) is 17.4. The molecule has 2 aromatic rings. The Balaban J connectivity index is 2.10. The molecule has 24 heavy (non-hydrogen) atoms. The summed E-state index contributed by atoms with van der Waals surface area (Å²) in [6.45, 7) is 4.93. The molecule has 4 nitrogen and oxygen atoms in total. The molecule has 0 aliphatic rings. The number of urea groups is 1. The first-order chi connectivity index (χ1) is 11.6. The van der Waals surface area contributed by atoms with Crippen LogP contribution >= 0.6 is 11.8 Å². The van der Waals surface area contributed by atoms with Crippen molar-refractivity contribution in [2.45, 2.75) is 30.5 Å². The lowest BCUT2D eigenvalue weighted by atomic mass is 10.2. The van der Waals surface area contributed by atoms with Crippen molar-refractivity contribution in [1.82, 2.24) is 4.90 Å². The molecule has 5 heteroatoms. The summed E-state index contributed by atoms with van der Waals surface area (Å²) in [5.74, 6) is 0. The minimum atomic E-state index is -0.204. The number of thioether (sulfide) groups is 1. The van der Waals surface area contributed by atoms with Crippen LogP contribution in [-0.4, -0.2) is 34.4 Å². The molecule has 0 fully saturated rings. The summed E-state index contributed by atoms with van der Waals surface area (Å²) < 4.78 is 0. The van der Waals surface area contributed by atoms with E-state index in [1.165, 1.54) is 0 Å². The van der Waals surface area contributed by atoms with E-state index in [4.69, 9.17) is 0 Å². The summed E-state index contributed by atoms with van der Waals surface area (Å²) in [6.07, 6.45) is 0. The van der Waals surface area contributed by atoms with Gasteiger partial charge >= 0.3 is 6.03 Å². The van der Waals surface area contributed by atoms with E-state index >= 15 is 0 Å². The van der Waals surface area contributed by atoms with Gasteiger partial charge in [0.15, 0.2) is 0 Å². The Morgan fingerprint density at radius 2 is 1.79 bits per heavy atom. The van der Waals surface area contributed by atoms with Gasteiger partial charge in [0.1, 0.15) is 0 Å². The van der Waals surface area contributed by atoms with Crippen molar-refractivity contribution in [2.75, 3.05) is 18.5 Å². The number of hydrogen-bond acceptors (Lipinski definition) is 3. The summed E-state index contributed by atoms with van der Waals surface area (Å²) >= 11 is 1.71. The van der Waals surface area contributed by atoms with E-state index in [0.717, 1.165) is 16.1 Å². The van der Waals surface area contributed by atoms with Gasteiger partial charge in [-0.05, 0) is 17.7 Å². The van der Waals surface area contributed by atoms with Crippen LogP contribution in [0, 0.1) is 0 Å². The van der Waals surface area contributed by atoms with E-state index in [1.54, 1.807) is 16.7 Å². The average molecular weight is 344 g/mol. The molecule has 0 spiro atoms. The van der Waals surface area contributed by atoms with Gasteiger partial charge in [0.05, 0.1) is 12.3 Å². The highest BCUT2D eigenvalue weighted by atomic mass is 32.2. The summed E-state index contributed by atoms with van der Waals surface area (Å²) in [7, 11) is 0. The number of rotatable bonds is 7. The largest absolute Gasteiger partial charge is 0.395 e. The molecular weight excluding hydrogens is 320 g/mol. The number of hydrogen-bond donors (Lipinski definition) is 2. The van der Waals surface area contributed by atoms with Crippen LogP contribution in [0.1, 0.15) is 19.4 Å². The Hall–Kier alpha value is -1.98. The molecule has 2 aromatic carbocycles. The van der Waals surface area contributed by atoms with Gasteiger partial charge in [0, 0.05) is 23.2 Å². The minimum absolute atomic E-state index is 0.0668. The van der Waals surface area contributed by atoms with Gasteiger partial charge in [-0.2, -0.15) is 0 Å². The summed E-state index contributed by atoms with van der Waals surface area (Å²) in [5.41, 5.74) is 1.84. The summed E-state index contributed by atoms with van der Waals surface area (Å²) in [4.78, 5) is 15.3. The molecule has 2 amide bonds. The second-order valence-electron chi connectivity index (χ2n) is 5.72. The first-order valence-corrected chi connectivity index (χ1v) is 8.94. The normalized spacial score (nSPS) is 10.7. The maximum atomic E-state index is 12.6. The molecule has 0 saturated heterocycles. The maximum absolute atomic E-state index is 12.6. The van der Waals surface area contributed by atoms with E-state index in [1.807, 2.05) is 54.6 Å². The first-order valence-electron chi connectivity index (χ1n) is 8.06. The number of carbonyl (C=O) groups is 1. The first kappa shape index (κ1) is 18.4. The number of anilines is 1. The van der Waals surface area contributed by atoms with Crippen LogP contribution in [0.25, 0.3) is 0 Å². The van der Waals surface area contributed by atoms with E-state index in [0.29, 0.717) is 18.3 Å². The molecular formula is C19H24N2O2S. The second kappa shape index (κ2) is 9.35. The lowest BCUT2D eigenvalue weighted by Gasteiger charge is -2.23. The second-order valence-corrected chi connectivity index (χ2v) is 7.34. The Kier molecular flexibility index (Phi) is 7.15. The monoisotopic (exact) mass is 344 g/mol. The smallest absolute Gasteiger partial charge is 0.322 e. The lowest BCUT2D eigenvalue weighted by Crippen LogP contribution is -2.36. The van der Waals surface area contributed by atoms with Gasteiger partial charge in [-0.3, -0.25) is 0 Å². The third kappa shape index (κ3) is 5.58. The SMILES string of the molecule is CC(C)Sc1ccccc1NC(=O)N(CCO)Cc1ccccc1. The van der Waals surface area contributed by atoms with Crippen molar-refractivity contribution >= 4 is 23.5 Å². The molecule has 0 aliphatic carbocycles. The Labute approximate surface area is 147 Å². The molecule has 128 valence electrons. The van der Waals surface area contributed by atoms with Crippen LogP contribution in [0.4, 0.5) is 10.5 Å². The number of nitrogens with one attached hydrogen (secondary N) is 1. The number of amides is 2. The van der Waals surface area contributed by atoms with Crippen molar-refractivity contribution < 1.29 is 9.90 Å². The minimum Gasteiger partial charge on any atom is -0.395 e. The molecule has 0 aromatic heterocycles. The molecule has 0 saturated carbocycles. The standard InChI is InChI=1S/C19H24N2O2S/c1-15(2)24-18-11-7-6-10-17(18)20-19(23)21(12-13-22)14-16-8-4-3-5-9-16/h3-11,15,22H,12-14H2,1-2H3,(H,20,23). The molecule has 2 N–H and O–H groups in total. The van der Waals surface area contributed by atoms with Crippen LogP contribution in [-0.2, 0) is 6.54 Å². The zero-order valence-corrected chi connectivity index (χ0v) is 14.9. The van der Waals surface area contributed by atoms with Gasteiger partial charge in [-0.15, -0.1) is 11.8 Å². The lowest BCUT2D eigenvalue weighted by molar-refractivity contribution is 0.185. The zero-order valence-electron chi connectivity index (χ0n) is 14.1. The van der Waals surface area contributed by atoms with Gasteiger partial charge in [0.2, 0.25) is 0 Å². The molecule has 0 bridgehead atoms. The van der Waals surface area contributed by atoms with Crippen molar-refractivity contribution in [3.8, 4) is 0 Å². The molecule has 0 unspecified atom stereocenters. The van der Waals surface area contributed by atoms with Crippen LogP contribution in [0.15, 0.2) is 59.5 Å².